The van der Waals surface area contributed by atoms with Gasteiger partial charge in [0, 0.05) is 0 Å². The molecule has 0 N–H and O–H groups in total. The molecule has 0 radical (unpaired) electrons. The molecule has 0 spiro atoms. The number of hydrogen-bond donors (Lipinski definition) is 0. The van der Waals surface area contributed by atoms with Gasteiger partial charge in [-0.15, -0.1) is 0 Å². The van der Waals surface area contributed by atoms with Gasteiger partial charge in [-0.3, -0.25) is 0 Å². The van der Waals surface area contributed by atoms with Crippen LogP contribution in [0.25, 0.3) is 0 Å². The average Bonchev–Trinajstić information content (AvgIpc) is 2.28. The van der Waals surface area contributed by atoms with E-state index in [1.54, 1.807) is 12.5 Å². The van der Waals surface area contributed by atoms with Crippen molar-refractivity contribution in [2.75, 3.05) is 0 Å². The molecule has 0 atom stereocenters. The van der Waals surface area contributed by atoms with E-state index in [0.29, 0.717) is 0 Å². The highest BCUT2D eigenvalue weighted by molar-refractivity contribution is 6.08. The number of fused-ring (bicyclic) bond motifs is 1. The molecule has 2 heteroatoms. The van der Waals surface area contributed by atoms with Gasteiger partial charge in [0.25, 0.3) is 0 Å². The fraction of sp³-hybridized carbons (Fsp3) is 0. The molecule has 1 aliphatic carbocycles. The molecular weight excluding hydrogens is 138 g/mol. The molecule has 0 bridgehead atoms. The summed E-state index contributed by atoms with van der Waals surface area (Å²) >= 11 is 0. The van der Waals surface area contributed by atoms with Crippen LogP contribution in [-0.2, 0) is 4.74 Å². The molecule has 2 rings (SSSR count). The maximum absolute atomic E-state index is 5.21. The fourth-order valence-corrected chi connectivity index (χ4v) is 0.942. The molecule has 0 aromatic carbocycles. The van der Waals surface area contributed by atoms with Gasteiger partial charge in [0.2, 0.25) is 0 Å². The molecule has 0 aromatic rings. The van der Waals surface area contributed by atoms with Gasteiger partial charge in [0.1, 0.15) is 12.0 Å². The molecule has 2 aliphatic rings. The Bertz CT molecular complexity index is 306. The van der Waals surface area contributed by atoms with Gasteiger partial charge in [-0.1, -0.05) is 18.2 Å². The maximum Gasteiger partial charge on any atom is 0.152 e. The van der Waals surface area contributed by atoms with E-state index in [9.17, 15) is 0 Å². The molecule has 11 heavy (non-hydrogen) atoms. The van der Waals surface area contributed by atoms with Crippen molar-refractivity contribution in [3.8, 4) is 0 Å². The van der Waals surface area contributed by atoms with Crippen molar-refractivity contribution in [1.29, 1.82) is 0 Å². The minimum Gasteiger partial charge on any atom is -0.461 e. The summed E-state index contributed by atoms with van der Waals surface area (Å²) in [5.41, 5.74) is 0.873. The van der Waals surface area contributed by atoms with Crippen molar-refractivity contribution < 1.29 is 4.74 Å². The third-order valence-electron chi connectivity index (χ3n) is 1.45. The number of allylic oxidation sites excluding steroid dienone is 5. The average molecular weight is 145 g/mol. The van der Waals surface area contributed by atoms with Crippen LogP contribution >= 0.6 is 0 Å². The SMILES string of the molecule is C1=CC=C2OC=CN=C2C=C1. The highest BCUT2D eigenvalue weighted by atomic mass is 16.5. The lowest BCUT2D eigenvalue weighted by atomic mass is 10.3. The quantitative estimate of drug-likeness (QED) is 0.510. The Labute approximate surface area is 64.9 Å². The first-order valence-corrected chi connectivity index (χ1v) is 3.42. The third-order valence-corrected chi connectivity index (χ3v) is 1.45. The number of aliphatic imine (C=N–C) groups is 1. The highest BCUT2D eigenvalue weighted by Crippen LogP contribution is 2.11. The minimum atomic E-state index is 0.803. The number of nitrogens with zero attached hydrogens (tertiary/aromatic N) is 1. The number of rotatable bonds is 0. The van der Waals surface area contributed by atoms with Crippen LogP contribution in [0.2, 0.25) is 0 Å². The van der Waals surface area contributed by atoms with E-state index in [1.165, 1.54) is 0 Å². The topological polar surface area (TPSA) is 21.6 Å². The first-order valence-electron chi connectivity index (χ1n) is 3.42. The van der Waals surface area contributed by atoms with Crippen molar-refractivity contribution in [3.63, 3.8) is 0 Å². The van der Waals surface area contributed by atoms with E-state index in [-0.39, 0.29) is 0 Å². The Kier molecular flexibility index (Phi) is 1.44. The van der Waals surface area contributed by atoms with Crippen molar-refractivity contribution in [1.82, 2.24) is 0 Å². The molecule has 1 aliphatic heterocycles. The van der Waals surface area contributed by atoms with Crippen LogP contribution in [0.15, 0.2) is 53.6 Å². The van der Waals surface area contributed by atoms with Crippen LogP contribution < -0.4 is 0 Å². The van der Waals surface area contributed by atoms with Gasteiger partial charge in [-0.2, -0.15) is 0 Å². The lowest BCUT2D eigenvalue weighted by molar-refractivity contribution is 0.372. The maximum atomic E-state index is 5.21. The smallest absolute Gasteiger partial charge is 0.152 e. The number of hydrogen-bond acceptors (Lipinski definition) is 2. The van der Waals surface area contributed by atoms with E-state index in [1.807, 2.05) is 30.4 Å². The van der Waals surface area contributed by atoms with E-state index in [4.69, 9.17) is 4.74 Å². The monoisotopic (exact) mass is 145 g/mol. The summed E-state index contributed by atoms with van der Waals surface area (Å²) in [5.74, 6) is 0.803. The highest BCUT2D eigenvalue weighted by Gasteiger charge is 2.06. The van der Waals surface area contributed by atoms with Gasteiger partial charge >= 0.3 is 0 Å². The fourth-order valence-electron chi connectivity index (χ4n) is 0.942. The van der Waals surface area contributed by atoms with Gasteiger partial charge in [-0.25, -0.2) is 4.99 Å². The van der Waals surface area contributed by atoms with Crippen LogP contribution in [0, 0.1) is 0 Å². The van der Waals surface area contributed by atoms with Crippen LogP contribution in [0.3, 0.4) is 0 Å². The first-order chi connectivity index (χ1) is 5.47. The Morgan fingerprint density at radius 2 is 2.18 bits per heavy atom. The zero-order chi connectivity index (χ0) is 7.52. The second-order valence-electron chi connectivity index (χ2n) is 2.19. The zero-order valence-electron chi connectivity index (χ0n) is 5.90. The Morgan fingerprint density at radius 3 is 3.18 bits per heavy atom. The Morgan fingerprint density at radius 1 is 1.18 bits per heavy atom. The predicted octanol–water partition coefficient (Wildman–Crippen LogP) is 1.94. The summed E-state index contributed by atoms with van der Waals surface area (Å²) in [6.45, 7) is 0. The van der Waals surface area contributed by atoms with E-state index in [0.717, 1.165) is 11.5 Å². The van der Waals surface area contributed by atoms with Crippen molar-refractivity contribution >= 4 is 5.71 Å². The molecule has 0 aromatic heterocycles. The van der Waals surface area contributed by atoms with Crippen LogP contribution in [-0.4, -0.2) is 5.71 Å². The normalized spacial score (nSPS) is 19.6. The number of ether oxygens (including phenoxy) is 1. The van der Waals surface area contributed by atoms with Gasteiger partial charge in [-0.05, 0) is 12.2 Å². The second kappa shape index (κ2) is 2.58. The lowest BCUT2D eigenvalue weighted by Gasteiger charge is -2.07. The summed E-state index contributed by atoms with van der Waals surface area (Å²) in [6, 6.07) is 0. The largest absolute Gasteiger partial charge is 0.461 e. The van der Waals surface area contributed by atoms with Crippen LogP contribution in [0.5, 0.6) is 0 Å². The Balaban J connectivity index is 2.44. The summed E-state index contributed by atoms with van der Waals surface area (Å²) in [5, 5.41) is 0. The zero-order valence-corrected chi connectivity index (χ0v) is 5.90. The van der Waals surface area contributed by atoms with Gasteiger partial charge in [0.15, 0.2) is 5.76 Å². The molecule has 0 saturated heterocycles. The second-order valence-corrected chi connectivity index (χ2v) is 2.19. The minimum absolute atomic E-state index is 0.803. The molecule has 2 nitrogen and oxygen atoms in total. The summed E-state index contributed by atoms with van der Waals surface area (Å²) in [6.07, 6.45) is 12.8. The van der Waals surface area contributed by atoms with Gasteiger partial charge in [0.05, 0.1) is 6.20 Å². The lowest BCUT2D eigenvalue weighted by Crippen LogP contribution is -2.02. The van der Waals surface area contributed by atoms with E-state index >= 15 is 0 Å². The molecule has 0 saturated carbocycles. The molecule has 1 heterocycles. The van der Waals surface area contributed by atoms with Crippen molar-refractivity contribution in [2.45, 2.75) is 0 Å². The predicted molar refractivity (Wildman–Crippen MR) is 44.0 cm³/mol. The van der Waals surface area contributed by atoms with E-state index < -0.39 is 0 Å². The summed E-state index contributed by atoms with van der Waals surface area (Å²) in [7, 11) is 0. The van der Waals surface area contributed by atoms with E-state index in [2.05, 4.69) is 4.99 Å². The van der Waals surface area contributed by atoms with Crippen molar-refractivity contribution in [3.05, 3.63) is 48.6 Å². The Hall–Kier alpha value is -1.57. The van der Waals surface area contributed by atoms with Crippen molar-refractivity contribution in [2.24, 2.45) is 4.99 Å². The van der Waals surface area contributed by atoms with Crippen LogP contribution in [0.1, 0.15) is 0 Å². The molecule has 0 amide bonds. The molecular formula is C9H7NO. The van der Waals surface area contributed by atoms with Crippen LogP contribution in [0.4, 0.5) is 0 Å². The summed E-state index contributed by atoms with van der Waals surface area (Å²) in [4.78, 5) is 4.13. The first kappa shape index (κ1) is 6.16. The third kappa shape index (κ3) is 1.15. The molecule has 0 unspecified atom stereocenters. The molecule has 0 fully saturated rings. The summed E-state index contributed by atoms with van der Waals surface area (Å²) < 4.78 is 5.21. The standard InChI is InChI=1S/C9H7NO/c1-2-4-8-9(5-3-1)11-7-6-10-8/h1-7H. The molecule has 54 valence electrons. The van der Waals surface area contributed by atoms with Gasteiger partial charge < -0.3 is 4.74 Å².